The molecule has 0 spiro atoms. The number of carbonyl (C=O) groups excluding carboxylic acids is 1. The minimum absolute atomic E-state index is 0.00800. The van der Waals surface area contributed by atoms with Gasteiger partial charge in [0.1, 0.15) is 4.90 Å². The third-order valence-corrected chi connectivity index (χ3v) is 7.60. The Morgan fingerprint density at radius 2 is 1.75 bits per heavy atom. The van der Waals surface area contributed by atoms with Crippen LogP contribution >= 0.6 is 0 Å². The Kier molecular flexibility index (Phi) is 5.90. The van der Waals surface area contributed by atoms with Gasteiger partial charge < -0.3 is 5.32 Å². The number of rotatable bonds is 5. The molecule has 0 unspecified atom stereocenters. The van der Waals surface area contributed by atoms with Crippen molar-refractivity contribution in [3.05, 3.63) is 46.8 Å². The van der Waals surface area contributed by atoms with Crippen molar-refractivity contribution >= 4 is 15.9 Å². The summed E-state index contributed by atoms with van der Waals surface area (Å²) in [5, 5.41) is 7.19. The van der Waals surface area contributed by atoms with Crippen molar-refractivity contribution in [3.8, 4) is 0 Å². The zero-order valence-corrected chi connectivity index (χ0v) is 17.7. The van der Waals surface area contributed by atoms with E-state index >= 15 is 0 Å². The highest BCUT2D eigenvalue weighted by atomic mass is 32.2. The second-order valence-corrected chi connectivity index (χ2v) is 9.38. The van der Waals surface area contributed by atoms with Crippen LogP contribution in [0.3, 0.4) is 0 Å². The lowest BCUT2D eigenvalue weighted by Crippen LogP contribution is -2.43. The Balaban J connectivity index is 1.59. The number of aromatic nitrogens is 2. The van der Waals surface area contributed by atoms with Crippen molar-refractivity contribution in [3.63, 3.8) is 0 Å². The number of piperidine rings is 1. The molecule has 0 bridgehead atoms. The number of hydrogen-bond donors (Lipinski definition) is 1. The van der Waals surface area contributed by atoms with Crippen LogP contribution in [0.4, 0.5) is 0 Å². The summed E-state index contributed by atoms with van der Waals surface area (Å²) in [6.07, 6.45) is 1.05. The van der Waals surface area contributed by atoms with Crippen molar-refractivity contribution in [2.75, 3.05) is 13.1 Å². The van der Waals surface area contributed by atoms with Crippen LogP contribution in [0.2, 0.25) is 0 Å². The summed E-state index contributed by atoms with van der Waals surface area (Å²) in [6, 6.07) is 8.05. The highest BCUT2D eigenvalue weighted by molar-refractivity contribution is 7.89. The largest absolute Gasteiger partial charge is 0.352 e. The summed E-state index contributed by atoms with van der Waals surface area (Å²) in [7, 11) is -1.85. The summed E-state index contributed by atoms with van der Waals surface area (Å²) < 4.78 is 29.1. The summed E-state index contributed by atoms with van der Waals surface area (Å²) in [4.78, 5) is 12.8. The minimum atomic E-state index is -3.59. The van der Waals surface area contributed by atoms with Crippen molar-refractivity contribution in [1.82, 2.24) is 19.4 Å². The third kappa shape index (κ3) is 4.12. The van der Waals surface area contributed by atoms with Crippen molar-refractivity contribution in [2.45, 2.75) is 45.1 Å². The van der Waals surface area contributed by atoms with Gasteiger partial charge in [-0.25, -0.2) is 8.42 Å². The normalized spacial score (nSPS) is 16.3. The summed E-state index contributed by atoms with van der Waals surface area (Å²) in [5.41, 5.74) is 3.39. The monoisotopic (exact) mass is 404 g/mol. The zero-order valence-electron chi connectivity index (χ0n) is 16.9. The Morgan fingerprint density at radius 3 is 2.29 bits per heavy atom. The molecule has 1 aromatic carbocycles. The molecule has 1 fully saturated rings. The summed E-state index contributed by atoms with van der Waals surface area (Å²) in [5.74, 6) is -0.167. The van der Waals surface area contributed by atoms with Crippen LogP contribution < -0.4 is 5.32 Å². The fourth-order valence-corrected chi connectivity index (χ4v) is 5.52. The van der Waals surface area contributed by atoms with Crippen LogP contribution in [0.15, 0.2) is 29.2 Å². The molecule has 0 atom stereocenters. The van der Waals surface area contributed by atoms with Gasteiger partial charge in [-0.05, 0) is 39.2 Å². The zero-order chi connectivity index (χ0) is 20.5. The van der Waals surface area contributed by atoms with Crippen LogP contribution in [0.1, 0.15) is 35.4 Å². The number of sulfonamides is 1. The molecular formula is C20H28N4O3S. The van der Waals surface area contributed by atoms with Crippen LogP contribution in [-0.2, 0) is 28.4 Å². The molecule has 28 heavy (non-hydrogen) atoms. The van der Waals surface area contributed by atoms with E-state index in [2.05, 4.69) is 10.4 Å². The lowest BCUT2D eigenvalue weighted by Gasteiger charge is -2.30. The SMILES string of the molecule is Cc1ccc(CNC(=O)C2CCN(S(=O)(=O)c3c(C)nn(C)c3C)CC2)cc1. The topological polar surface area (TPSA) is 84.3 Å². The molecule has 1 aliphatic heterocycles. The number of amides is 1. The molecule has 1 aliphatic rings. The third-order valence-electron chi connectivity index (χ3n) is 5.45. The van der Waals surface area contributed by atoms with E-state index in [1.54, 1.807) is 25.6 Å². The number of carbonyl (C=O) groups is 1. The van der Waals surface area contributed by atoms with Gasteiger partial charge in [0.05, 0.1) is 11.4 Å². The maximum atomic E-state index is 13.0. The van der Waals surface area contributed by atoms with Gasteiger partial charge in [0.25, 0.3) is 0 Å². The smallest absolute Gasteiger partial charge is 0.246 e. The predicted octanol–water partition coefficient (Wildman–Crippen LogP) is 2.06. The minimum Gasteiger partial charge on any atom is -0.352 e. The van der Waals surface area contributed by atoms with Gasteiger partial charge in [-0.3, -0.25) is 9.48 Å². The van der Waals surface area contributed by atoms with E-state index in [-0.39, 0.29) is 16.7 Å². The van der Waals surface area contributed by atoms with E-state index in [9.17, 15) is 13.2 Å². The highest BCUT2D eigenvalue weighted by Gasteiger charge is 2.35. The first-order valence-electron chi connectivity index (χ1n) is 9.53. The lowest BCUT2D eigenvalue weighted by atomic mass is 9.97. The molecule has 1 aromatic heterocycles. The molecular weight excluding hydrogens is 376 g/mol. The second kappa shape index (κ2) is 8.05. The molecule has 1 saturated heterocycles. The van der Waals surface area contributed by atoms with Crippen molar-refractivity contribution in [2.24, 2.45) is 13.0 Å². The van der Waals surface area contributed by atoms with Gasteiger partial charge >= 0.3 is 0 Å². The Morgan fingerprint density at radius 1 is 1.14 bits per heavy atom. The van der Waals surface area contributed by atoms with Gasteiger partial charge in [0.15, 0.2) is 0 Å². The molecule has 1 N–H and O–H groups in total. The van der Waals surface area contributed by atoms with Gasteiger partial charge in [-0.2, -0.15) is 9.40 Å². The first kappa shape index (κ1) is 20.5. The fourth-order valence-electron chi connectivity index (χ4n) is 3.65. The van der Waals surface area contributed by atoms with E-state index in [0.717, 1.165) is 5.56 Å². The van der Waals surface area contributed by atoms with E-state index in [0.29, 0.717) is 43.9 Å². The van der Waals surface area contributed by atoms with E-state index in [1.807, 2.05) is 31.2 Å². The highest BCUT2D eigenvalue weighted by Crippen LogP contribution is 2.27. The fraction of sp³-hybridized carbons (Fsp3) is 0.500. The first-order valence-corrected chi connectivity index (χ1v) is 11.0. The molecule has 0 aliphatic carbocycles. The average molecular weight is 405 g/mol. The van der Waals surface area contributed by atoms with E-state index in [4.69, 9.17) is 0 Å². The first-order chi connectivity index (χ1) is 13.2. The van der Waals surface area contributed by atoms with Crippen molar-refractivity contribution in [1.29, 1.82) is 0 Å². The number of nitrogens with zero attached hydrogens (tertiary/aromatic N) is 3. The number of hydrogen-bond acceptors (Lipinski definition) is 4. The van der Waals surface area contributed by atoms with Gasteiger partial charge in [-0.1, -0.05) is 29.8 Å². The molecule has 0 saturated carbocycles. The van der Waals surface area contributed by atoms with Crippen LogP contribution in [0.25, 0.3) is 0 Å². The number of aryl methyl sites for hydroxylation is 3. The van der Waals surface area contributed by atoms with Gasteiger partial charge in [0, 0.05) is 32.6 Å². The number of nitrogens with one attached hydrogen (secondary N) is 1. The summed E-state index contributed by atoms with van der Waals surface area (Å²) >= 11 is 0. The molecule has 8 heteroatoms. The van der Waals surface area contributed by atoms with E-state index < -0.39 is 10.0 Å². The standard InChI is InChI=1S/C20H28N4O3S/c1-14-5-7-17(8-6-14)13-21-20(25)18-9-11-24(12-10-18)28(26,27)19-15(2)22-23(4)16(19)3/h5-8,18H,9-13H2,1-4H3,(H,21,25). The Bertz CT molecular complexity index is 956. The Hall–Kier alpha value is -2.19. The molecule has 7 nitrogen and oxygen atoms in total. The molecule has 3 rings (SSSR count). The molecule has 2 aromatic rings. The summed E-state index contributed by atoms with van der Waals surface area (Å²) in [6.45, 7) is 6.69. The van der Waals surface area contributed by atoms with Gasteiger partial charge in [0.2, 0.25) is 15.9 Å². The second-order valence-electron chi connectivity index (χ2n) is 7.51. The lowest BCUT2D eigenvalue weighted by molar-refractivity contribution is -0.126. The van der Waals surface area contributed by atoms with Gasteiger partial charge in [-0.15, -0.1) is 0 Å². The maximum absolute atomic E-state index is 13.0. The molecule has 1 amide bonds. The Labute approximate surface area is 166 Å². The van der Waals surface area contributed by atoms with Crippen LogP contribution in [0, 0.1) is 26.7 Å². The van der Waals surface area contributed by atoms with E-state index in [1.165, 1.54) is 9.87 Å². The maximum Gasteiger partial charge on any atom is 0.246 e. The number of benzene rings is 1. The van der Waals surface area contributed by atoms with Crippen LogP contribution in [0.5, 0.6) is 0 Å². The predicted molar refractivity (Wildman–Crippen MR) is 107 cm³/mol. The average Bonchev–Trinajstić information content (AvgIpc) is 2.93. The molecule has 0 radical (unpaired) electrons. The van der Waals surface area contributed by atoms with Crippen molar-refractivity contribution < 1.29 is 13.2 Å². The van der Waals surface area contributed by atoms with Crippen LogP contribution in [-0.4, -0.2) is 41.5 Å². The quantitative estimate of drug-likeness (QED) is 0.827. The molecule has 152 valence electrons. The molecule has 2 heterocycles.